The van der Waals surface area contributed by atoms with Crippen molar-refractivity contribution in [1.29, 1.82) is 5.26 Å². The number of thiazole rings is 1. The van der Waals surface area contributed by atoms with Gasteiger partial charge in [-0.3, -0.25) is 0 Å². The van der Waals surface area contributed by atoms with E-state index in [9.17, 15) is 14.4 Å². The Labute approximate surface area is 176 Å². The highest BCUT2D eigenvalue weighted by Crippen LogP contribution is 2.27. The molecule has 0 aliphatic rings. The average Bonchev–Trinajstić information content (AvgIpc) is 3.18. The van der Waals surface area contributed by atoms with Crippen LogP contribution in [0.15, 0.2) is 73.8 Å². The topological polar surface area (TPSA) is 78.9 Å². The highest BCUT2D eigenvalue weighted by molar-refractivity contribution is 9.10. The molecule has 0 radical (unpaired) electrons. The molecule has 0 saturated carbocycles. The van der Waals surface area contributed by atoms with Crippen LogP contribution in [0.1, 0.15) is 5.01 Å². The number of nitrogens with one attached hydrogen (secondary N) is 1. The second-order valence-electron chi connectivity index (χ2n) is 5.99. The summed E-state index contributed by atoms with van der Waals surface area (Å²) in [6, 6.07) is 15.0. The first-order valence-corrected chi connectivity index (χ1v) is 10.0. The van der Waals surface area contributed by atoms with Crippen LogP contribution in [0.3, 0.4) is 0 Å². The number of hydrogen-bond donors (Lipinski definition) is 1. The van der Waals surface area contributed by atoms with Gasteiger partial charge in [-0.1, -0.05) is 22.0 Å². The minimum Gasteiger partial charge on any atom is -0.422 e. The fourth-order valence-electron chi connectivity index (χ4n) is 2.67. The maximum atomic E-state index is 13.3. The summed E-state index contributed by atoms with van der Waals surface area (Å²) in [5.74, 6) is -0.381. The molecule has 2 aromatic heterocycles. The van der Waals surface area contributed by atoms with E-state index in [4.69, 9.17) is 4.42 Å². The van der Waals surface area contributed by atoms with Crippen LogP contribution in [0.5, 0.6) is 0 Å². The second kappa shape index (κ2) is 7.99. The van der Waals surface area contributed by atoms with Gasteiger partial charge in [-0.25, -0.2) is 14.2 Å². The van der Waals surface area contributed by atoms with Crippen molar-refractivity contribution in [2.24, 2.45) is 0 Å². The summed E-state index contributed by atoms with van der Waals surface area (Å²) in [7, 11) is 0. The van der Waals surface area contributed by atoms with E-state index in [0.29, 0.717) is 27.5 Å². The lowest BCUT2D eigenvalue weighted by molar-refractivity contribution is 0.563. The van der Waals surface area contributed by atoms with Gasteiger partial charge in [-0.05, 0) is 42.5 Å². The first kappa shape index (κ1) is 19.1. The Bertz CT molecular complexity index is 1350. The third-order valence-corrected chi connectivity index (χ3v) is 5.40. The van der Waals surface area contributed by atoms with Gasteiger partial charge < -0.3 is 9.73 Å². The van der Waals surface area contributed by atoms with Gasteiger partial charge in [0.15, 0.2) is 0 Å². The van der Waals surface area contributed by atoms with Crippen molar-refractivity contribution in [3.8, 4) is 17.3 Å². The molecule has 0 aliphatic carbocycles. The number of rotatable bonds is 4. The number of allylic oxidation sites excluding steroid dienone is 1. The summed E-state index contributed by atoms with van der Waals surface area (Å²) >= 11 is 4.62. The van der Waals surface area contributed by atoms with E-state index in [0.717, 1.165) is 9.86 Å². The first-order chi connectivity index (χ1) is 14.0. The molecule has 4 rings (SSSR count). The number of aromatic nitrogens is 1. The maximum absolute atomic E-state index is 13.3. The molecule has 0 bridgehead atoms. The number of nitrogens with zero attached hydrogens (tertiary/aromatic N) is 2. The molecule has 142 valence electrons. The molecule has 0 amide bonds. The van der Waals surface area contributed by atoms with Gasteiger partial charge >= 0.3 is 5.63 Å². The predicted molar refractivity (Wildman–Crippen MR) is 115 cm³/mol. The van der Waals surface area contributed by atoms with E-state index >= 15 is 0 Å². The van der Waals surface area contributed by atoms with Gasteiger partial charge in [0.25, 0.3) is 0 Å². The Morgan fingerprint density at radius 1 is 1.28 bits per heavy atom. The Morgan fingerprint density at radius 3 is 2.93 bits per heavy atom. The third-order valence-electron chi connectivity index (χ3n) is 4.03. The zero-order valence-electron chi connectivity index (χ0n) is 14.6. The molecule has 2 heterocycles. The standard InChI is InChI=1S/C21H11BrFN3O2S/c22-14-4-5-19-12(6-14)7-17(21(27)28-19)18-11-29-20(26-18)13(9-24)10-25-16-3-1-2-15(23)8-16/h1-8,10-11,25H/b13-10+. The van der Waals surface area contributed by atoms with Crippen molar-refractivity contribution in [3.63, 3.8) is 0 Å². The molecule has 0 unspecified atom stereocenters. The minimum absolute atomic E-state index is 0.262. The van der Waals surface area contributed by atoms with Crippen LogP contribution in [0.25, 0.3) is 27.8 Å². The number of anilines is 1. The molecular formula is C21H11BrFN3O2S. The second-order valence-corrected chi connectivity index (χ2v) is 7.77. The normalized spacial score (nSPS) is 11.4. The molecule has 0 spiro atoms. The van der Waals surface area contributed by atoms with Gasteiger partial charge in [0, 0.05) is 27.1 Å². The molecule has 29 heavy (non-hydrogen) atoms. The highest BCUT2D eigenvalue weighted by atomic mass is 79.9. The Balaban J connectivity index is 1.67. The Kier molecular flexibility index (Phi) is 5.25. The van der Waals surface area contributed by atoms with Crippen LogP contribution in [-0.4, -0.2) is 4.98 Å². The quantitative estimate of drug-likeness (QED) is 0.303. The molecule has 0 aliphatic heterocycles. The monoisotopic (exact) mass is 467 g/mol. The fraction of sp³-hybridized carbons (Fsp3) is 0. The Morgan fingerprint density at radius 2 is 2.14 bits per heavy atom. The number of fused-ring (bicyclic) bond motifs is 1. The summed E-state index contributed by atoms with van der Waals surface area (Å²) < 4.78 is 19.5. The number of hydrogen-bond acceptors (Lipinski definition) is 6. The summed E-state index contributed by atoms with van der Waals surface area (Å²) in [5.41, 5.74) is 1.49. The van der Waals surface area contributed by atoms with Crippen molar-refractivity contribution >= 4 is 49.5 Å². The minimum atomic E-state index is -0.503. The molecule has 8 heteroatoms. The number of nitriles is 1. The van der Waals surface area contributed by atoms with Crippen LogP contribution in [0.4, 0.5) is 10.1 Å². The first-order valence-electron chi connectivity index (χ1n) is 8.35. The van der Waals surface area contributed by atoms with E-state index in [1.54, 1.807) is 35.7 Å². The van der Waals surface area contributed by atoms with Crippen LogP contribution in [0.2, 0.25) is 0 Å². The van der Waals surface area contributed by atoms with Crippen molar-refractivity contribution in [3.05, 3.63) is 85.8 Å². The fourth-order valence-corrected chi connectivity index (χ4v) is 3.83. The van der Waals surface area contributed by atoms with Crippen molar-refractivity contribution in [2.45, 2.75) is 0 Å². The lowest BCUT2D eigenvalue weighted by atomic mass is 10.1. The number of halogens is 2. The molecule has 2 aromatic carbocycles. The average molecular weight is 468 g/mol. The largest absolute Gasteiger partial charge is 0.422 e. The SMILES string of the molecule is N#C/C(=C\Nc1cccc(F)c1)c1nc(-c2cc3cc(Br)ccc3oc2=O)cs1. The van der Waals surface area contributed by atoms with E-state index in [2.05, 4.69) is 32.3 Å². The van der Waals surface area contributed by atoms with Gasteiger partial charge in [0.2, 0.25) is 0 Å². The maximum Gasteiger partial charge on any atom is 0.345 e. The molecule has 0 fully saturated rings. The van der Waals surface area contributed by atoms with Crippen LogP contribution < -0.4 is 10.9 Å². The number of benzene rings is 2. The van der Waals surface area contributed by atoms with E-state index in [1.807, 2.05) is 6.07 Å². The van der Waals surface area contributed by atoms with Crippen LogP contribution >= 0.6 is 27.3 Å². The summed E-state index contributed by atoms with van der Waals surface area (Å²) in [6.45, 7) is 0. The smallest absolute Gasteiger partial charge is 0.345 e. The molecule has 5 nitrogen and oxygen atoms in total. The van der Waals surface area contributed by atoms with Crippen LogP contribution in [0, 0.1) is 17.1 Å². The zero-order chi connectivity index (χ0) is 20.4. The van der Waals surface area contributed by atoms with E-state index in [1.165, 1.54) is 29.7 Å². The molecular weight excluding hydrogens is 457 g/mol. The van der Waals surface area contributed by atoms with Crippen LogP contribution in [-0.2, 0) is 0 Å². The summed E-state index contributed by atoms with van der Waals surface area (Å²) in [5, 5.41) is 15.2. The highest BCUT2D eigenvalue weighted by Gasteiger charge is 2.14. The third kappa shape index (κ3) is 4.11. The predicted octanol–water partition coefficient (Wildman–Crippen LogP) is 5.79. The van der Waals surface area contributed by atoms with Gasteiger partial charge in [-0.15, -0.1) is 11.3 Å². The van der Waals surface area contributed by atoms with E-state index < -0.39 is 5.63 Å². The molecule has 0 atom stereocenters. The van der Waals surface area contributed by atoms with Crippen molar-refractivity contribution in [1.82, 2.24) is 4.98 Å². The summed E-state index contributed by atoms with van der Waals surface area (Å²) in [6.07, 6.45) is 1.46. The molecule has 1 N–H and O–H groups in total. The van der Waals surface area contributed by atoms with E-state index in [-0.39, 0.29) is 11.4 Å². The van der Waals surface area contributed by atoms with Gasteiger partial charge in [0.1, 0.15) is 28.1 Å². The lowest BCUT2D eigenvalue weighted by Gasteiger charge is -2.01. The van der Waals surface area contributed by atoms with Gasteiger partial charge in [-0.2, -0.15) is 5.26 Å². The van der Waals surface area contributed by atoms with Crippen molar-refractivity contribution < 1.29 is 8.81 Å². The summed E-state index contributed by atoms with van der Waals surface area (Å²) in [4.78, 5) is 16.8. The lowest BCUT2D eigenvalue weighted by Crippen LogP contribution is -2.03. The Hall–Kier alpha value is -3.28. The molecule has 0 saturated heterocycles. The van der Waals surface area contributed by atoms with Gasteiger partial charge in [0.05, 0.1) is 11.3 Å². The van der Waals surface area contributed by atoms with Crippen molar-refractivity contribution in [2.75, 3.05) is 5.32 Å². The molecule has 4 aromatic rings. The zero-order valence-corrected chi connectivity index (χ0v) is 17.1.